The molecule has 0 saturated heterocycles. The maximum atomic E-state index is 5.83. The summed E-state index contributed by atoms with van der Waals surface area (Å²) < 4.78 is 5.83. The summed E-state index contributed by atoms with van der Waals surface area (Å²) >= 11 is 0. The van der Waals surface area contributed by atoms with E-state index in [-0.39, 0.29) is 5.41 Å². The molecule has 5 heteroatoms. The lowest BCUT2D eigenvalue weighted by molar-refractivity contribution is 0.383. The van der Waals surface area contributed by atoms with Crippen LogP contribution in [0.2, 0.25) is 0 Å². The Bertz CT molecular complexity index is 772. The Morgan fingerprint density at radius 1 is 1.31 bits per heavy atom. The van der Waals surface area contributed by atoms with Gasteiger partial charge in [0.05, 0.1) is 6.20 Å². The van der Waals surface area contributed by atoms with E-state index >= 15 is 0 Å². The normalized spacial score (nSPS) is 20.1. The van der Waals surface area contributed by atoms with Crippen LogP contribution >= 0.6 is 0 Å². The summed E-state index contributed by atoms with van der Waals surface area (Å²) in [6, 6.07) is 9.05. The Kier molecular flexibility index (Phi) is 5.35. The van der Waals surface area contributed by atoms with Gasteiger partial charge in [-0.25, -0.2) is 9.98 Å². The van der Waals surface area contributed by atoms with Gasteiger partial charge in [0, 0.05) is 23.9 Å². The van der Waals surface area contributed by atoms with Crippen LogP contribution in [0.5, 0.6) is 0 Å². The zero-order valence-electron chi connectivity index (χ0n) is 16.5. The smallest absolute Gasteiger partial charge is 0.216 e. The molecule has 140 valence electrons. The van der Waals surface area contributed by atoms with E-state index in [4.69, 9.17) is 4.42 Å². The molecule has 1 aromatic heterocycles. The average Bonchev–Trinajstić information content (AvgIpc) is 3.15. The van der Waals surface area contributed by atoms with Crippen molar-refractivity contribution in [1.29, 1.82) is 0 Å². The molecule has 0 spiro atoms. The topological polar surface area (TPSA) is 62.5 Å². The van der Waals surface area contributed by atoms with Crippen molar-refractivity contribution in [1.82, 2.24) is 15.6 Å². The van der Waals surface area contributed by atoms with Crippen LogP contribution < -0.4 is 10.6 Å². The zero-order valence-corrected chi connectivity index (χ0v) is 16.5. The number of aromatic nitrogens is 1. The van der Waals surface area contributed by atoms with Crippen LogP contribution in [-0.4, -0.2) is 23.5 Å². The number of hydrogen-bond donors (Lipinski definition) is 2. The molecule has 1 aliphatic carbocycles. The molecule has 0 amide bonds. The Labute approximate surface area is 156 Å². The van der Waals surface area contributed by atoms with E-state index in [9.17, 15) is 0 Å². The number of oxazole rings is 1. The van der Waals surface area contributed by atoms with Crippen molar-refractivity contribution in [3.05, 3.63) is 53.2 Å². The quantitative estimate of drug-likeness (QED) is 0.632. The number of aliphatic imine (C=N–C) groups is 1. The van der Waals surface area contributed by atoms with Gasteiger partial charge in [-0.2, -0.15) is 0 Å². The molecule has 1 heterocycles. The predicted molar refractivity (Wildman–Crippen MR) is 105 cm³/mol. The Morgan fingerprint density at radius 3 is 2.73 bits per heavy atom. The zero-order chi connectivity index (χ0) is 18.7. The van der Waals surface area contributed by atoms with Crippen molar-refractivity contribution in [3.8, 4) is 0 Å². The maximum absolute atomic E-state index is 5.83. The Balaban J connectivity index is 1.62. The van der Waals surface area contributed by atoms with Crippen LogP contribution in [-0.2, 0) is 12.0 Å². The fraction of sp³-hybridized carbons (Fsp3) is 0.524. The fourth-order valence-electron chi connectivity index (χ4n) is 3.07. The summed E-state index contributed by atoms with van der Waals surface area (Å²) in [5.41, 5.74) is 2.76. The van der Waals surface area contributed by atoms with Crippen LogP contribution in [0, 0.1) is 6.92 Å². The lowest BCUT2D eigenvalue weighted by Gasteiger charge is -2.13. The number of nitrogens with zero attached hydrogens (tertiary/aromatic N) is 2. The molecule has 26 heavy (non-hydrogen) atoms. The Hall–Kier alpha value is -2.30. The van der Waals surface area contributed by atoms with Crippen molar-refractivity contribution in [2.45, 2.75) is 65.0 Å². The van der Waals surface area contributed by atoms with Gasteiger partial charge >= 0.3 is 0 Å². The average molecular weight is 354 g/mol. The molecule has 1 fully saturated rings. The second-order valence-corrected chi connectivity index (χ2v) is 8.01. The Morgan fingerprint density at radius 2 is 2.08 bits per heavy atom. The highest BCUT2D eigenvalue weighted by atomic mass is 16.4. The standard InChI is InChI=1S/C21H30N4O/c1-6-22-20(24-13-19-23-12-18(26-19)21(3,4)5)25-17-11-16(17)15-10-8-7-9-14(15)2/h7-10,12,16-17H,6,11,13H2,1-5H3,(H2,22,24,25). The van der Waals surface area contributed by atoms with Crippen molar-refractivity contribution < 1.29 is 4.42 Å². The number of hydrogen-bond acceptors (Lipinski definition) is 3. The largest absolute Gasteiger partial charge is 0.443 e. The molecule has 2 N–H and O–H groups in total. The van der Waals surface area contributed by atoms with E-state index in [2.05, 4.69) is 79.5 Å². The first kappa shape index (κ1) is 18.5. The molecule has 0 bridgehead atoms. The fourth-order valence-corrected chi connectivity index (χ4v) is 3.07. The molecule has 2 atom stereocenters. The molecule has 0 radical (unpaired) electrons. The number of nitrogens with one attached hydrogen (secondary N) is 2. The number of aryl methyl sites for hydroxylation is 1. The minimum atomic E-state index is -0.0352. The molecule has 1 aromatic carbocycles. The molecular weight excluding hydrogens is 324 g/mol. The van der Waals surface area contributed by atoms with E-state index in [1.54, 1.807) is 6.20 Å². The monoisotopic (exact) mass is 354 g/mol. The van der Waals surface area contributed by atoms with Gasteiger partial charge in [-0.1, -0.05) is 45.0 Å². The molecule has 5 nitrogen and oxygen atoms in total. The highest BCUT2D eigenvalue weighted by Gasteiger charge is 2.39. The molecule has 1 saturated carbocycles. The van der Waals surface area contributed by atoms with Gasteiger partial charge in [0.1, 0.15) is 12.3 Å². The molecule has 3 rings (SSSR count). The highest BCUT2D eigenvalue weighted by Crippen LogP contribution is 2.42. The maximum Gasteiger partial charge on any atom is 0.216 e. The SMILES string of the molecule is CCNC(=NCc1ncc(C(C)(C)C)o1)NC1CC1c1ccccc1C. The van der Waals surface area contributed by atoms with Gasteiger partial charge in [0.25, 0.3) is 0 Å². The molecule has 2 aromatic rings. The van der Waals surface area contributed by atoms with Gasteiger partial charge < -0.3 is 15.1 Å². The second kappa shape index (κ2) is 7.52. The molecule has 0 aliphatic heterocycles. The van der Waals surface area contributed by atoms with Gasteiger partial charge in [0.15, 0.2) is 5.96 Å². The predicted octanol–water partition coefficient (Wildman–Crippen LogP) is 3.89. The van der Waals surface area contributed by atoms with E-state index in [1.165, 1.54) is 11.1 Å². The first-order valence-corrected chi connectivity index (χ1v) is 9.44. The molecule has 1 aliphatic rings. The third kappa shape index (κ3) is 4.45. The van der Waals surface area contributed by atoms with Crippen molar-refractivity contribution in [3.63, 3.8) is 0 Å². The van der Waals surface area contributed by atoms with Gasteiger partial charge in [-0.3, -0.25) is 0 Å². The van der Waals surface area contributed by atoms with Crippen molar-refractivity contribution in [2.24, 2.45) is 4.99 Å². The summed E-state index contributed by atoms with van der Waals surface area (Å²) in [7, 11) is 0. The van der Waals surface area contributed by atoms with E-state index in [1.807, 2.05) is 0 Å². The van der Waals surface area contributed by atoms with Crippen LogP contribution in [0.4, 0.5) is 0 Å². The van der Waals surface area contributed by atoms with Crippen molar-refractivity contribution in [2.75, 3.05) is 6.54 Å². The van der Waals surface area contributed by atoms with Gasteiger partial charge in [-0.15, -0.1) is 0 Å². The minimum Gasteiger partial charge on any atom is -0.443 e. The minimum absolute atomic E-state index is 0.0352. The summed E-state index contributed by atoms with van der Waals surface area (Å²) in [6.07, 6.45) is 2.95. The van der Waals surface area contributed by atoms with Crippen LogP contribution in [0.1, 0.15) is 62.8 Å². The first-order valence-electron chi connectivity index (χ1n) is 9.44. The molecular formula is C21H30N4O. The third-order valence-corrected chi connectivity index (χ3v) is 4.71. The summed E-state index contributed by atoms with van der Waals surface area (Å²) in [4.78, 5) is 9.00. The van der Waals surface area contributed by atoms with E-state index in [0.29, 0.717) is 24.4 Å². The number of benzene rings is 1. The van der Waals surface area contributed by atoms with E-state index in [0.717, 1.165) is 24.7 Å². The third-order valence-electron chi connectivity index (χ3n) is 4.71. The lowest BCUT2D eigenvalue weighted by Crippen LogP contribution is -2.39. The van der Waals surface area contributed by atoms with Crippen LogP contribution in [0.3, 0.4) is 0 Å². The van der Waals surface area contributed by atoms with E-state index < -0.39 is 0 Å². The summed E-state index contributed by atoms with van der Waals surface area (Å²) in [5, 5.41) is 6.86. The lowest BCUT2D eigenvalue weighted by atomic mass is 9.94. The van der Waals surface area contributed by atoms with Crippen molar-refractivity contribution >= 4 is 5.96 Å². The van der Waals surface area contributed by atoms with Gasteiger partial charge in [-0.05, 0) is 31.4 Å². The van der Waals surface area contributed by atoms with Gasteiger partial charge in [0.2, 0.25) is 5.89 Å². The second-order valence-electron chi connectivity index (χ2n) is 8.01. The summed E-state index contributed by atoms with van der Waals surface area (Å²) in [5.74, 6) is 2.93. The number of rotatable bonds is 5. The first-order chi connectivity index (χ1) is 12.4. The highest BCUT2D eigenvalue weighted by molar-refractivity contribution is 5.80. The van der Waals surface area contributed by atoms with Crippen LogP contribution in [0.15, 0.2) is 39.9 Å². The molecule has 2 unspecified atom stereocenters. The number of guanidine groups is 1. The van der Waals surface area contributed by atoms with Crippen LogP contribution in [0.25, 0.3) is 0 Å². The summed E-state index contributed by atoms with van der Waals surface area (Å²) in [6.45, 7) is 11.9.